The normalized spacial score (nSPS) is 16.1. The largest absolute Gasteiger partial charge is 0.479 e. The fourth-order valence-electron chi connectivity index (χ4n) is 6.09. The molecule has 2 atom stereocenters. The second-order valence-electron chi connectivity index (χ2n) is 13.2. The summed E-state index contributed by atoms with van der Waals surface area (Å²) >= 11 is 0. The van der Waals surface area contributed by atoms with Crippen molar-refractivity contribution in [1.29, 1.82) is 0 Å². The van der Waals surface area contributed by atoms with Gasteiger partial charge in [0.25, 0.3) is 0 Å². The van der Waals surface area contributed by atoms with Crippen LogP contribution in [0.1, 0.15) is 40.9 Å². The van der Waals surface area contributed by atoms with Crippen molar-refractivity contribution >= 4 is 29.4 Å². The van der Waals surface area contributed by atoms with Gasteiger partial charge in [-0.15, -0.1) is 0 Å². The quantitative estimate of drug-likeness (QED) is 0.122. The van der Waals surface area contributed by atoms with Crippen LogP contribution in [0.15, 0.2) is 109 Å². The molecule has 12 nitrogen and oxygen atoms in total. The van der Waals surface area contributed by atoms with E-state index in [0.717, 1.165) is 6.07 Å². The molecule has 304 valence electrons. The van der Waals surface area contributed by atoms with Gasteiger partial charge < -0.3 is 25.3 Å². The first kappa shape index (κ1) is 44.0. The molecule has 4 aromatic carbocycles. The molecule has 0 bridgehead atoms. The van der Waals surface area contributed by atoms with E-state index >= 15 is 0 Å². The van der Waals surface area contributed by atoms with E-state index in [9.17, 15) is 36.7 Å². The molecule has 0 spiro atoms. The molecule has 2 heterocycles. The molecule has 2 aliphatic rings. The van der Waals surface area contributed by atoms with E-state index in [4.69, 9.17) is 20.4 Å². The Morgan fingerprint density at radius 3 is 1.65 bits per heavy atom. The third kappa shape index (κ3) is 13.5. The van der Waals surface area contributed by atoms with Crippen LogP contribution in [-0.2, 0) is 31.9 Å². The number of piperazine rings is 2. The summed E-state index contributed by atoms with van der Waals surface area (Å²) in [6.07, 6.45) is -6.56. The van der Waals surface area contributed by atoms with Gasteiger partial charge in [0.2, 0.25) is 11.8 Å². The summed E-state index contributed by atoms with van der Waals surface area (Å²) in [5.41, 5.74) is 1.16. The van der Waals surface area contributed by atoms with Gasteiger partial charge in [-0.2, -0.15) is 13.2 Å². The minimum absolute atomic E-state index is 0.0652. The molecule has 2 saturated heterocycles. The molecule has 16 heteroatoms. The highest BCUT2D eigenvalue weighted by atomic mass is 19.4. The molecule has 2 fully saturated rings. The summed E-state index contributed by atoms with van der Waals surface area (Å²) in [6, 6.07) is 28.2. The van der Waals surface area contributed by atoms with Gasteiger partial charge in [-0.05, 0) is 48.4 Å². The average Bonchev–Trinajstić information content (AvgIpc) is 3.20. The minimum atomic E-state index is -4.37. The zero-order valence-corrected chi connectivity index (χ0v) is 30.8. The van der Waals surface area contributed by atoms with Crippen LogP contribution in [-0.4, -0.2) is 111 Å². The van der Waals surface area contributed by atoms with E-state index in [2.05, 4.69) is 4.90 Å². The van der Waals surface area contributed by atoms with E-state index in [0.29, 0.717) is 68.1 Å². The number of carboxylic acid groups (broad SMARTS) is 2. The van der Waals surface area contributed by atoms with Crippen molar-refractivity contribution in [2.75, 3.05) is 57.3 Å². The van der Waals surface area contributed by atoms with Crippen LogP contribution in [0.5, 0.6) is 0 Å². The Balaban J connectivity index is 0.000000265. The van der Waals surface area contributed by atoms with E-state index < -0.39 is 35.9 Å². The molecule has 2 aliphatic heterocycles. The Morgan fingerprint density at radius 1 is 0.649 bits per heavy atom. The number of rotatable bonds is 11. The van der Waals surface area contributed by atoms with Gasteiger partial charge in [-0.1, -0.05) is 84.9 Å². The van der Waals surface area contributed by atoms with Crippen LogP contribution in [0.4, 0.5) is 23.2 Å². The van der Waals surface area contributed by atoms with Crippen LogP contribution in [0.25, 0.3) is 0 Å². The predicted octanol–water partition coefficient (Wildman–Crippen LogP) is 4.84. The number of alkyl halides is 3. The fraction of sp³-hybridized carbons (Fsp3) is 0.317. The molecular weight excluding hydrogens is 752 g/mol. The number of nitrogens with zero attached hydrogens (tertiary/aromatic N) is 4. The standard InChI is InChI=1S/C25H28F4N4O2.2C8H8O3/c26-22-8-2-1-5-19(22)16-31-17-23(34)33(24(35)18-31)10-4-9-30-11-13-32(14-12-30)21-7-3-6-20(15-21)25(27,28)29;2*9-7(8(10)11)6-4-2-1-3-5-6/h1-3,5-8,15H,4,9-14,16-18H2;2*1-5,7,9H,(H,10,11). The van der Waals surface area contributed by atoms with Gasteiger partial charge in [-0.25, -0.2) is 14.0 Å². The Kier molecular flexibility index (Phi) is 16.2. The highest BCUT2D eigenvalue weighted by Gasteiger charge is 2.32. The van der Waals surface area contributed by atoms with E-state index in [-0.39, 0.29) is 37.3 Å². The van der Waals surface area contributed by atoms with Gasteiger partial charge in [0.1, 0.15) is 5.82 Å². The maximum Gasteiger partial charge on any atom is 0.416 e. The molecule has 4 aromatic rings. The smallest absolute Gasteiger partial charge is 0.416 e. The van der Waals surface area contributed by atoms with Crippen LogP contribution >= 0.6 is 0 Å². The monoisotopic (exact) mass is 796 g/mol. The third-order valence-electron chi connectivity index (χ3n) is 9.14. The number of carboxylic acids is 2. The Bertz CT molecular complexity index is 1860. The molecule has 0 saturated carbocycles. The Morgan fingerprint density at radius 2 is 1.16 bits per heavy atom. The van der Waals surface area contributed by atoms with Gasteiger partial charge in [0, 0.05) is 50.5 Å². The molecule has 0 radical (unpaired) electrons. The number of anilines is 1. The highest BCUT2D eigenvalue weighted by molar-refractivity contribution is 5.99. The van der Waals surface area contributed by atoms with Crippen molar-refractivity contribution < 1.29 is 57.2 Å². The molecular formula is C41H44F4N4O8. The summed E-state index contributed by atoms with van der Waals surface area (Å²) in [5, 5.41) is 34.8. The second-order valence-corrected chi connectivity index (χ2v) is 13.2. The number of benzene rings is 4. The number of aliphatic hydroxyl groups is 2. The van der Waals surface area contributed by atoms with Crippen molar-refractivity contribution in [2.24, 2.45) is 0 Å². The fourth-order valence-corrected chi connectivity index (χ4v) is 6.09. The van der Waals surface area contributed by atoms with Gasteiger partial charge in [0.15, 0.2) is 12.2 Å². The number of hydrogen-bond acceptors (Lipinski definition) is 9. The molecule has 4 N–H and O–H groups in total. The molecule has 2 unspecified atom stereocenters. The lowest BCUT2D eigenvalue weighted by Crippen LogP contribution is -2.54. The zero-order valence-electron chi connectivity index (χ0n) is 30.8. The number of amides is 2. The van der Waals surface area contributed by atoms with Crippen molar-refractivity contribution in [3.05, 3.63) is 137 Å². The molecule has 57 heavy (non-hydrogen) atoms. The van der Waals surface area contributed by atoms with E-state index in [1.807, 2.05) is 4.90 Å². The van der Waals surface area contributed by atoms with Crippen molar-refractivity contribution in [3.63, 3.8) is 0 Å². The summed E-state index contributed by atoms with van der Waals surface area (Å²) in [6.45, 7) is 3.93. The van der Waals surface area contributed by atoms with Crippen molar-refractivity contribution in [1.82, 2.24) is 14.7 Å². The van der Waals surface area contributed by atoms with Gasteiger partial charge >= 0.3 is 18.1 Å². The maximum absolute atomic E-state index is 13.9. The Hall–Kier alpha value is -5.68. The lowest BCUT2D eigenvalue weighted by molar-refractivity contribution is -0.152. The highest BCUT2D eigenvalue weighted by Crippen LogP contribution is 2.32. The summed E-state index contributed by atoms with van der Waals surface area (Å²) in [4.78, 5) is 52.6. The van der Waals surface area contributed by atoms with Crippen LogP contribution in [0.3, 0.4) is 0 Å². The first-order valence-electron chi connectivity index (χ1n) is 18.0. The van der Waals surface area contributed by atoms with Crippen LogP contribution in [0.2, 0.25) is 0 Å². The molecule has 6 rings (SSSR count). The Labute approximate surface area is 326 Å². The summed E-state index contributed by atoms with van der Waals surface area (Å²) < 4.78 is 52.8. The SMILES string of the molecule is O=C(O)C(O)c1ccccc1.O=C(O)C(O)c1ccccc1.O=C1CN(Cc2ccccc2F)CC(=O)N1CCCN1CCN(c2cccc(C(F)(F)F)c2)CC1. The number of carbonyl (C=O) groups excluding carboxylic acids is 2. The first-order chi connectivity index (χ1) is 27.1. The lowest BCUT2D eigenvalue weighted by Gasteiger charge is -2.37. The van der Waals surface area contributed by atoms with Crippen LogP contribution < -0.4 is 4.90 Å². The molecule has 0 aromatic heterocycles. The maximum atomic E-state index is 13.9. The topological polar surface area (TPSA) is 162 Å². The van der Waals surface area contributed by atoms with Gasteiger partial charge in [0.05, 0.1) is 18.7 Å². The second kappa shape index (κ2) is 21.0. The summed E-state index contributed by atoms with van der Waals surface area (Å²) in [5.74, 6) is -3.38. The average molecular weight is 797 g/mol. The first-order valence-corrected chi connectivity index (χ1v) is 18.0. The molecule has 2 amide bonds. The minimum Gasteiger partial charge on any atom is -0.479 e. The zero-order chi connectivity index (χ0) is 41.5. The van der Waals surface area contributed by atoms with Crippen molar-refractivity contribution in [2.45, 2.75) is 31.3 Å². The van der Waals surface area contributed by atoms with E-state index in [1.54, 1.807) is 89.8 Å². The molecule has 0 aliphatic carbocycles. The van der Waals surface area contributed by atoms with E-state index in [1.165, 1.54) is 23.1 Å². The number of aliphatic hydroxyl groups excluding tert-OH is 2. The number of carbonyl (C=O) groups is 4. The number of halogens is 4. The predicted molar refractivity (Wildman–Crippen MR) is 201 cm³/mol. The lowest BCUT2D eigenvalue weighted by atomic mass is 10.1. The van der Waals surface area contributed by atoms with Crippen molar-refractivity contribution in [3.8, 4) is 0 Å². The summed E-state index contributed by atoms with van der Waals surface area (Å²) in [7, 11) is 0. The van der Waals surface area contributed by atoms with Gasteiger partial charge in [-0.3, -0.25) is 24.3 Å². The number of imide groups is 1. The third-order valence-corrected chi connectivity index (χ3v) is 9.14. The number of aliphatic carboxylic acids is 2. The van der Waals surface area contributed by atoms with Crippen LogP contribution in [0, 0.1) is 5.82 Å². The number of hydrogen-bond donors (Lipinski definition) is 4.